The van der Waals surface area contributed by atoms with Crippen LogP contribution >= 0.6 is 0 Å². The minimum atomic E-state index is -0.379. The summed E-state index contributed by atoms with van der Waals surface area (Å²) in [7, 11) is 0. The SMILES string of the molecule is CC1Cc2cc(-c3cccc(F)c3)cc(F)c2O1. The number of hydrogen-bond donors (Lipinski definition) is 0. The van der Waals surface area contributed by atoms with Crippen molar-refractivity contribution in [3.05, 3.63) is 53.6 Å². The van der Waals surface area contributed by atoms with Crippen LogP contribution in [0.3, 0.4) is 0 Å². The quantitative estimate of drug-likeness (QED) is 0.740. The summed E-state index contributed by atoms with van der Waals surface area (Å²) in [5.74, 6) is -0.364. The van der Waals surface area contributed by atoms with Crippen LogP contribution in [0, 0.1) is 11.6 Å². The Bertz CT molecular complexity index is 607. The molecule has 0 bridgehead atoms. The molecule has 92 valence electrons. The fourth-order valence-corrected chi connectivity index (χ4v) is 2.32. The fraction of sp³-hybridized carbons (Fsp3) is 0.200. The van der Waals surface area contributed by atoms with Crippen LogP contribution < -0.4 is 4.74 Å². The molecule has 0 N–H and O–H groups in total. The Kier molecular flexibility index (Phi) is 2.54. The van der Waals surface area contributed by atoms with E-state index in [1.807, 2.05) is 13.0 Å². The normalized spacial score (nSPS) is 17.4. The van der Waals surface area contributed by atoms with E-state index in [1.54, 1.807) is 12.1 Å². The van der Waals surface area contributed by atoms with E-state index >= 15 is 0 Å². The second kappa shape index (κ2) is 4.09. The van der Waals surface area contributed by atoms with Crippen molar-refractivity contribution in [3.8, 4) is 16.9 Å². The molecule has 0 radical (unpaired) electrons. The first-order valence-corrected chi connectivity index (χ1v) is 5.88. The van der Waals surface area contributed by atoms with Crippen LogP contribution in [0.1, 0.15) is 12.5 Å². The van der Waals surface area contributed by atoms with Crippen molar-refractivity contribution in [2.45, 2.75) is 19.4 Å². The summed E-state index contributed by atoms with van der Waals surface area (Å²) in [6, 6.07) is 9.43. The molecule has 1 atom stereocenters. The Morgan fingerprint density at radius 1 is 1.11 bits per heavy atom. The molecule has 2 aromatic rings. The maximum absolute atomic E-state index is 13.9. The molecule has 3 heteroatoms. The second-order valence-electron chi connectivity index (χ2n) is 4.59. The Balaban J connectivity index is 2.10. The van der Waals surface area contributed by atoms with Gasteiger partial charge in [0.15, 0.2) is 11.6 Å². The zero-order valence-electron chi connectivity index (χ0n) is 9.91. The molecule has 0 aromatic heterocycles. The third kappa shape index (κ3) is 1.86. The van der Waals surface area contributed by atoms with E-state index in [0.29, 0.717) is 23.3 Å². The van der Waals surface area contributed by atoms with Crippen LogP contribution in [0.15, 0.2) is 36.4 Å². The lowest BCUT2D eigenvalue weighted by molar-refractivity contribution is 0.245. The smallest absolute Gasteiger partial charge is 0.165 e. The van der Waals surface area contributed by atoms with Gasteiger partial charge in [0.05, 0.1) is 0 Å². The van der Waals surface area contributed by atoms with Crippen LogP contribution in [0.5, 0.6) is 5.75 Å². The van der Waals surface area contributed by atoms with E-state index in [0.717, 1.165) is 5.56 Å². The molecule has 0 spiro atoms. The largest absolute Gasteiger partial charge is 0.487 e. The van der Waals surface area contributed by atoms with E-state index in [-0.39, 0.29) is 17.7 Å². The van der Waals surface area contributed by atoms with E-state index in [1.165, 1.54) is 18.2 Å². The molecule has 0 saturated heterocycles. The van der Waals surface area contributed by atoms with Crippen molar-refractivity contribution < 1.29 is 13.5 Å². The first-order chi connectivity index (χ1) is 8.63. The van der Waals surface area contributed by atoms with Crippen LogP contribution in [0.2, 0.25) is 0 Å². The molecule has 18 heavy (non-hydrogen) atoms. The Labute approximate surface area is 104 Å². The second-order valence-corrected chi connectivity index (χ2v) is 4.59. The average Bonchev–Trinajstić information content (AvgIpc) is 2.70. The number of benzene rings is 2. The molecule has 1 aliphatic heterocycles. The van der Waals surface area contributed by atoms with Crippen molar-refractivity contribution in [3.63, 3.8) is 0 Å². The van der Waals surface area contributed by atoms with Crippen LogP contribution in [0.25, 0.3) is 11.1 Å². The van der Waals surface area contributed by atoms with Gasteiger partial charge in [-0.25, -0.2) is 8.78 Å². The fourth-order valence-electron chi connectivity index (χ4n) is 2.32. The maximum Gasteiger partial charge on any atom is 0.165 e. The molecule has 0 fully saturated rings. The van der Waals surface area contributed by atoms with Gasteiger partial charge in [0.1, 0.15) is 11.9 Å². The van der Waals surface area contributed by atoms with E-state index in [4.69, 9.17) is 4.74 Å². The number of halogens is 2. The number of ether oxygens (including phenoxy) is 1. The first kappa shape index (κ1) is 11.2. The highest BCUT2D eigenvalue weighted by atomic mass is 19.1. The molecule has 2 aromatic carbocycles. The van der Waals surface area contributed by atoms with Crippen molar-refractivity contribution in [2.24, 2.45) is 0 Å². The first-order valence-electron chi connectivity index (χ1n) is 5.88. The molecule has 1 unspecified atom stereocenters. The zero-order valence-corrected chi connectivity index (χ0v) is 9.91. The highest BCUT2D eigenvalue weighted by Crippen LogP contribution is 2.35. The van der Waals surface area contributed by atoms with Crippen LogP contribution in [-0.2, 0) is 6.42 Å². The van der Waals surface area contributed by atoms with Crippen molar-refractivity contribution in [1.82, 2.24) is 0 Å². The molecular formula is C15H12F2O. The molecular weight excluding hydrogens is 234 g/mol. The summed E-state index contributed by atoms with van der Waals surface area (Å²) >= 11 is 0. The number of hydrogen-bond acceptors (Lipinski definition) is 1. The van der Waals surface area contributed by atoms with Gasteiger partial charge in [-0.2, -0.15) is 0 Å². The van der Waals surface area contributed by atoms with Crippen molar-refractivity contribution in [2.75, 3.05) is 0 Å². The standard InChI is InChI=1S/C15H12F2O/c1-9-5-12-6-11(8-14(17)15(12)18-9)10-3-2-4-13(16)7-10/h2-4,6-9H,5H2,1H3. The summed E-state index contributed by atoms with van der Waals surface area (Å²) in [5.41, 5.74) is 2.21. The summed E-state index contributed by atoms with van der Waals surface area (Å²) in [6.45, 7) is 1.90. The molecule has 1 aliphatic rings. The minimum Gasteiger partial charge on any atom is -0.487 e. The molecule has 0 aliphatic carbocycles. The van der Waals surface area contributed by atoms with E-state index in [2.05, 4.69) is 0 Å². The molecule has 1 nitrogen and oxygen atoms in total. The Morgan fingerprint density at radius 2 is 1.94 bits per heavy atom. The lowest BCUT2D eigenvalue weighted by atomic mass is 10.0. The maximum atomic E-state index is 13.9. The Morgan fingerprint density at radius 3 is 2.72 bits per heavy atom. The molecule has 0 saturated carbocycles. The molecule has 1 heterocycles. The lowest BCUT2D eigenvalue weighted by Gasteiger charge is -2.06. The van der Waals surface area contributed by atoms with Gasteiger partial charge in [0.2, 0.25) is 0 Å². The predicted octanol–water partition coefficient (Wildman–Crippen LogP) is 3.96. The van der Waals surface area contributed by atoms with Gasteiger partial charge >= 0.3 is 0 Å². The summed E-state index contributed by atoms with van der Waals surface area (Å²) in [6.07, 6.45) is 0.687. The van der Waals surface area contributed by atoms with Gasteiger partial charge in [-0.15, -0.1) is 0 Å². The van der Waals surface area contributed by atoms with Gasteiger partial charge in [-0.1, -0.05) is 12.1 Å². The van der Waals surface area contributed by atoms with Gasteiger partial charge in [-0.05, 0) is 42.3 Å². The number of rotatable bonds is 1. The van der Waals surface area contributed by atoms with E-state index in [9.17, 15) is 8.78 Å². The topological polar surface area (TPSA) is 9.23 Å². The number of fused-ring (bicyclic) bond motifs is 1. The van der Waals surface area contributed by atoms with Crippen LogP contribution in [-0.4, -0.2) is 6.10 Å². The predicted molar refractivity (Wildman–Crippen MR) is 65.6 cm³/mol. The van der Waals surface area contributed by atoms with E-state index < -0.39 is 0 Å². The van der Waals surface area contributed by atoms with Gasteiger partial charge < -0.3 is 4.74 Å². The average molecular weight is 246 g/mol. The third-order valence-electron chi connectivity index (χ3n) is 3.10. The molecule has 3 rings (SSSR count). The third-order valence-corrected chi connectivity index (χ3v) is 3.10. The Hall–Kier alpha value is -1.90. The van der Waals surface area contributed by atoms with Gasteiger partial charge in [0.25, 0.3) is 0 Å². The summed E-state index contributed by atoms with van der Waals surface area (Å²) in [5, 5.41) is 0. The van der Waals surface area contributed by atoms with Crippen LogP contribution in [0.4, 0.5) is 8.78 Å². The minimum absolute atomic E-state index is 0.00254. The van der Waals surface area contributed by atoms with Crippen molar-refractivity contribution in [1.29, 1.82) is 0 Å². The van der Waals surface area contributed by atoms with Gasteiger partial charge in [-0.3, -0.25) is 0 Å². The zero-order chi connectivity index (χ0) is 12.7. The van der Waals surface area contributed by atoms with Crippen molar-refractivity contribution >= 4 is 0 Å². The summed E-state index contributed by atoms with van der Waals surface area (Å²) in [4.78, 5) is 0. The highest BCUT2D eigenvalue weighted by molar-refractivity contribution is 5.66. The summed E-state index contributed by atoms with van der Waals surface area (Å²) < 4.78 is 32.5. The monoisotopic (exact) mass is 246 g/mol. The highest BCUT2D eigenvalue weighted by Gasteiger charge is 2.23. The molecule has 0 amide bonds. The lowest BCUT2D eigenvalue weighted by Crippen LogP contribution is -2.05. The van der Waals surface area contributed by atoms with Gasteiger partial charge in [0, 0.05) is 12.0 Å².